The van der Waals surface area contributed by atoms with E-state index in [4.69, 9.17) is 10.00 Å². The second-order valence-corrected chi connectivity index (χ2v) is 5.06. The number of para-hydroxylation sites is 1. The number of nitro groups is 1. The Morgan fingerprint density at radius 3 is 2.86 bits per heavy atom. The van der Waals surface area contributed by atoms with Gasteiger partial charge in [-0.05, 0) is 31.4 Å². The fourth-order valence-corrected chi connectivity index (χ4v) is 2.31. The molecular weight excluding hydrogens is 270 g/mol. The smallest absolute Gasteiger partial charge is 0.333 e. The van der Waals surface area contributed by atoms with Crippen LogP contribution in [0.3, 0.4) is 0 Å². The van der Waals surface area contributed by atoms with Gasteiger partial charge in [0.15, 0.2) is 5.75 Å². The molecule has 1 fully saturated rings. The standard InChI is InChI=1S/C15H19N3O3/c1-2-11-21-14-6-3-5-13(15(14)18(19)20)17(10-4-9-16)12-7-8-12/h3,5-6,12H,2,4,7-8,10-11H2,1H3. The van der Waals surface area contributed by atoms with E-state index in [0.29, 0.717) is 37.1 Å². The molecule has 1 saturated carbocycles. The monoisotopic (exact) mass is 289 g/mol. The molecule has 1 aliphatic carbocycles. The van der Waals surface area contributed by atoms with E-state index in [-0.39, 0.29) is 10.6 Å². The third-order valence-electron chi connectivity index (χ3n) is 3.38. The van der Waals surface area contributed by atoms with Crippen LogP contribution in [0.4, 0.5) is 11.4 Å². The fourth-order valence-electron chi connectivity index (χ4n) is 2.31. The van der Waals surface area contributed by atoms with Gasteiger partial charge in [0.05, 0.1) is 24.0 Å². The van der Waals surface area contributed by atoms with Gasteiger partial charge in [0, 0.05) is 12.6 Å². The highest BCUT2D eigenvalue weighted by Crippen LogP contribution is 2.41. The Kier molecular flexibility index (Phi) is 4.99. The molecule has 0 radical (unpaired) electrons. The van der Waals surface area contributed by atoms with Gasteiger partial charge in [-0.15, -0.1) is 0 Å². The molecule has 1 aromatic rings. The molecule has 2 rings (SSSR count). The summed E-state index contributed by atoms with van der Waals surface area (Å²) in [6.07, 6.45) is 3.18. The van der Waals surface area contributed by atoms with Crippen molar-refractivity contribution < 1.29 is 9.66 Å². The first-order valence-electron chi connectivity index (χ1n) is 7.22. The van der Waals surface area contributed by atoms with Crippen molar-refractivity contribution in [2.45, 2.75) is 38.6 Å². The average molecular weight is 289 g/mol. The molecule has 112 valence electrons. The molecule has 0 unspecified atom stereocenters. The summed E-state index contributed by atoms with van der Waals surface area (Å²) in [5, 5.41) is 20.2. The number of nitriles is 1. The molecule has 21 heavy (non-hydrogen) atoms. The molecule has 0 atom stereocenters. The van der Waals surface area contributed by atoms with Crippen molar-refractivity contribution in [2.75, 3.05) is 18.1 Å². The van der Waals surface area contributed by atoms with Crippen molar-refractivity contribution in [1.82, 2.24) is 0 Å². The van der Waals surface area contributed by atoms with E-state index >= 15 is 0 Å². The molecule has 1 aromatic carbocycles. The van der Waals surface area contributed by atoms with Crippen molar-refractivity contribution >= 4 is 11.4 Å². The molecule has 0 aliphatic heterocycles. The molecule has 0 saturated heterocycles. The second kappa shape index (κ2) is 6.93. The zero-order valence-corrected chi connectivity index (χ0v) is 12.1. The van der Waals surface area contributed by atoms with Gasteiger partial charge in [0.1, 0.15) is 5.69 Å². The third-order valence-corrected chi connectivity index (χ3v) is 3.38. The molecule has 0 amide bonds. The molecule has 6 heteroatoms. The summed E-state index contributed by atoms with van der Waals surface area (Å²) >= 11 is 0. The first-order chi connectivity index (χ1) is 10.2. The van der Waals surface area contributed by atoms with Gasteiger partial charge in [0.2, 0.25) is 0 Å². The van der Waals surface area contributed by atoms with Crippen molar-refractivity contribution in [1.29, 1.82) is 5.26 Å². The van der Waals surface area contributed by atoms with Gasteiger partial charge in [-0.3, -0.25) is 10.1 Å². The maximum Gasteiger partial charge on any atom is 0.333 e. The first-order valence-corrected chi connectivity index (χ1v) is 7.22. The third kappa shape index (κ3) is 3.63. The van der Waals surface area contributed by atoms with Gasteiger partial charge < -0.3 is 9.64 Å². The maximum absolute atomic E-state index is 11.5. The zero-order chi connectivity index (χ0) is 15.2. The summed E-state index contributed by atoms with van der Waals surface area (Å²) in [6, 6.07) is 7.56. The van der Waals surface area contributed by atoms with Crippen LogP contribution in [-0.2, 0) is 0 Å². The van der Waals surface area contributed by atoms with E-state index < -0.39 is 0 Å². The summed E-state index contributed by atoms with van der Waals surface area (Å²) in [6.45, 7) is 2.92. The number of anilines is 1. The van der Waals surface area contributed by atoms with Crippen molar-refractivity contribution in [3.05, 3.63) is 28.3 Å². The van der Waals surface area contributed by atoms with Crippen molar-refractivity contribution in [3.63, 3.8) is 0 Å². The Bertz CT molecular complexity index is 550. The SMILES string of the molecule is CCCOc1cccc(N(CCC#N)C2CC2)c1[N+](=O)[O-]. The lowest BCUT2D eigenvalue weighted by Gasteiger charge is -2.23. The van der Waals surface area contributed by atoms with Crippen LogP contribution in [-0.4, -0.2) is 24.1 Å². The molecule has 0 heterocycles. The Morgan fingerprint density at radius 2 is 2.29 bits per heavy atom. The summed E-state index contributed by atoms with van der Waals surface area (Å²) in [4.78, 5) is 13.0. The van der Waals surface area contributed by atoms with Crippen LogP contribution >= 0.6 is 0 Å². The lowest BCUT2D eigenvalue weighted by atomic mass is 10.2. The highest BCUT2D eigenvalue weighted by Gasteiger charge is 2.34. The quantitative estimate of drug-likeness (QED) is 0.542. The van der Waals surface area contributed by atoms with Gasteiger partial charge in [0.25, 0.3) is 0 Å². The number of rotatable bonds is 8. The lowest BCUT2D eigenvalue weighted by Crippen LogP contribution is -2.27. The van der Waals surface area contributed by atoms with E-state index in [0.717, 1.165) is 19.3 Å². The van der Waals surface area contributed by atoms with Crippen LogP contribution in [0.15, 0.2) is 18.2 Å². The van der Waals surface area contributed by atoms with Gasteiger partial charge >= 0.3 is 5.69 Å². The summed E-state index contributed by atoms with van der Waals surface area (Å²) in [7, 11) is 0. The topological polar surface area (TPSA) is 79.4 Å². The number of hydrogen-bond acceptors (Lipinski definition) is 5. The number of hydrogen-bond donors (Lipinski definition) is 0. The second-order valence-electron chi connectivity index (χ2n) is 5.06. The Morgan fingerprint density at radius 1 is 1.52 bits per heavy atom. The van der Waals surface area contributed by atoms with E-state index in [1.807, 2.05) is 11.8 Å². The van der Waals surface area contributed by atoms with Gasteiger partial charge in [-0.1, -0.05) is 13.0 Å². The van der Waals surface area contributed by atoms with Crippen molar-refractivity contribution in [3.8, 4) is 11.8 Å². The van der Waals surface area contributed by atoms with Crippen LogP contribution in [0.2, 0.25) is 0 Å². The highest BCUT2D eigenvalue weighted by atomic mass is 16.6. The summed E-state index contributed by atoms with van der Waals surface area (Å²) in [5.41, 5.74) is 0.571. The van der Waals surface area contributed by atoms with Crippen LogP contribution < -0.4 is 9.64 Å². The molecule has 0 aromatic heterocycles. The van der Waals surface area contributed by atoms with E-state index in [1.54, 1.807) is 18.2 Å². The van der Waals surface area contributed by atoms with Crippen LogP contribution in [0.5, 0.6) is 5.75 Å². The van der Waals surface area contributed by atoms with E-state index in [2.05, 4.69) is 6.07 Å². The molecule has 0 bridgehead atoms. The molecule has 6 nitrogen and oxygen atoms in total. The van der Waals surface area contributed by atoms with E-state index in [9.17, 15) is 10.1 Å². The first kappa shape index (κ1) is 15.1. The van der Waals surface area contributed by atoms with Gasteiger partial charge in [-0.25, -0.2) is 0 Å². The Balaban J connectivity index is 2.36. The van der Waals surface area contributed by atoms with Crippen molar-refractivity contribution in [2.24, 2.45) is 0 Å². The molecule has 0 spiro atoms. The predicted octanol–water partition coefficient (Wildman–Crippen LogP) is 3.27. The summed E-state index contributed by atoms with van der Waals surface area (Å²) in [5.74, 6) is 0.307. The minimum atomic E-state index is -0.387. The number of benzene rings is 1. The zero-order valence-electron chi connectivity index (χ0n) is 12.1. The van der Waals surface area contributed by atoms with Crippen LogP contribution in [0.25, 0.3) is 0 Å². The normalized spacial score (nSPS) is 13.5. The van der Waals surface area contributed by atoms with Crippen LogP contribution in [0.1, 0.15) is 32.6 Å². The molecular formula is C15H19N3O3. The molecule has 1 aliphatic rings. The maximum atomic E-state index is 11.5. The highest BCUT2D eigenvalue weighted by molar-refractivity contribution is 5.70. The molecule has 0 N–H and O–H groups in total. The Labute approximate surface area is 124 Å². The van der Waals surface area contributed by atoms with Crippen LogP contribution in [0, 0.1) is 21.4 Å². The largest absolute Gasteiger partial charge is 0.487 e. The number of ether oxygens (including phenoxy) is 1. The predicted molar refractivity (Wildman–Crippen MR) is 79.5 cm³/mol. The van der Waals surface area contributed by atoms with E-state index in [1.165, 1.54) is 0 Å². The minimum Gasteiger partial charge on any atom is -0.487 e. The lowest BCUT2D eigenvalue weighted by molar-refractivity contribution is -0.385. The minimum absolute atomic E-state index is 0.00999. The fraction of sp³-hybridized carbons (Fsp3) is 0.533. The number of nitrogens with zero attached hydrogens (tertiary/aromatic N) is 3. The summed E-state index contributed by atoms with van der Waals surface area (Å²) < 4.78 is 5.51. The Hall–Kier alpha value is -2.29. The number of nitro benzene ring substituents is 1. The average Bonchev–Trinajstić information content (AvgIpc) is 3.30. The van der Waals surface area contributed by atoms with Gasteiger partial charge in [-0.2, -0.15) is 5.26 Å².